The van der Waals surface area contributed by atoms with E-state index in [1.807, 2.05) is 0 Å². The van der Waals surface area contributed by atoms with Gasteiger partial charge in [0, 0.05) is 6.54 Å². The first-order chi connectivity index (χ1) is 4.13. The molecule has 0 aromatic rings. The van der Waals surface area contributed by atoms with Crippen LogP contribution >= 0.6 is 0 Å². The molecule has 0 aromatic heterocycles. The molecule has 0 saturated carbocycles. The maximum Gasteiger partial charge on any atom is 0.0525 e. The summed E-state index contributed by atoms with van der Waals surface area (Å²) in [5.74, 6) is 0. The van der Waals surface area contributed by atoms with Crippen molar-refractivity contribution in [3.63, 3.8) is 0 Å². The molecule has 0 amide bonds. The molecule has 0 aliphatic heterocycles. The van der Waals surface area contributed by atoms with Gasteiger partial charge in [-0.05, 0) is 6.42 Å². The van der Waals surface area contributed by atoms with E-state index in [0.29, 0.717) is 0 Å². The fraction of sp³-hybridized carbons (Fsp3) is 1.00. The van der Waals surface area contributed by atoms with E-state index in [1.54, 1.807) is 0 Å². The Morgan fingerprint density at radius 2 is 1.67 bits per heavy atom. The fourth-order valence-corrected chi connectivity index (χ4v) is 0.347. The van der Waals surface area contributed by atoms with Crippen LogP contribution in [0, 0.1) is 5.21 Å². The zero-order valence-corrected chi connectivity index (χ0v) is 4.77. The Bertz CT molecular complexity index is 58.8. The summed E-state index contributed by atoms with van der Waals surface area (Å²) < 4.78 is 0. The minimum atomic E-state index is -0.260. The summed E-state index contributed by atoms with van der Waals surface area (Å²) in [5.41, 5.74) is 0. The quantitative estimate of drug-likeness (QED) is 0.458. The summed E-state index contributed by atoms with van der Waals surface area (Å²) in [6.07, 6.45) is 0.201. The van der Waals surface area contributed by atoms with Gasteiger partial charge in [-0.2, -0.15) is 0 Å². The highest BCUT2D eigenvalue weighted by Crippen LogP contribution is 1.84. The summed E-state index contributed by atoms with van der Waals surface area (Å²) in [7, 11) is 0. The van der Waals surface area contributed by atoms with Crippen molar-refractivity contribution in [1.82, 2.24) is 10.5 Å². The van der Waals surface area contributed by atoms with Crippen molar-refractivity contribution < 1.29 is 15.6 Å². The Labute approximate surface area is 52.0 Å². The molecule has 0 unspecified atom stereocenters. The van der Waals surface area contributed by atoms with Crippen molar-refractivity contribution >= 4 is 0 Å². The first kappa shape index (κ1) is 8.76. The maximum absolute atomic E-state index is 9.72. The number of hydrogen-bond donors (Lipinski definition) is 3. The largest absolute Gasteiger partial charge is 0.762 e. The van der Waals surface area contributed by atoms with Crippen molar-refractivity contribution in [3.05, 3.63) is 5.21 Å². The molecule has 0 spiro atoms. The molecule has 0 radical (unpaired) electrons. The van der Waals surface area contributed by atoms with Gasteiger partial charge in [0.25, 0.3) is 0 Å². The Morgan fingerprint density at radius 1 is 1.11 bits per heavy atom. The predicted octanol–water partition coefficient (Wildman–Crippen LogP) is -0.354. The van der Waals surface area contributed by atoms with E-state index in [4.69, 9.17) is 15.6 Å². The molecule has 0 atom stereocenters. The Kier molecular flexibility index (Phi) is 4.50. The molecule has 0 bridgehead atoms. The zero-order chi connectivity index (χ0) is 7.28. The van der Waals surface area contributed by atoms with Gasteiger partial charge < -0.3 is 10.4 Å². The van der Waals surface area contributed by atoms with Gasteiger partial charge in [0.05, 0.1) is 6.54 Å². The van der Waals surface area contributed by atoms with Crippen LogP contribution in [-0.4, -0.2) is 39.2 Å². The second kappa shape index (κ2) is 4.62. The van der Waals surface area contributed by atoms with Crippen LogP contribution in [0.3, 0.4) is 0 Å². The third kappa shape index (κ3) is 7.76. The average Bonchev–Trinajstić information content (AvgIpc) is 1.63. The molecule has 0 heterocycles. The molecule has 0 aromatic carbocycles. The molecule has 3 N–H and O–H groups in total. The molecular weight excluding hydrogens is 128 g/mol. The van der Waals surface area contributed by atoms with Gasteiger partial charge in [-0.1, -0.05) is 5.23 Å². The Morgan fingerprint density at radius 3 is 2.00 bits per heavy atom. The number of nitrogens with zero attached hydrogens (tertiary/aromatic N) is 2. The topological polar surface area (TPSA) is 90.2 Å². The smallest absolute Gasteiger partial charge is 0.0525 e. The molecule has 0 fully saturated rings. The minimum Gasteiger partial charge on any atom is -0.762 e. The second-order valence-corrected chi connectivity index (χ2v) is 1.53. The number of hydrogen-bond acceptors (Lipinski definition) is 6. The van der Waals surface area contributed by atoms with Crippen molar-refractivity contribution in [2.75, 3.05) is 13.1 Å². The number of rotatable bonds is 4. The molecule has 0 aliphatic rings. The molecule has 6 nitrogen and oxygen atoms in total. The van der Waals surface area contributed by atoms with E-state index in [9.17, 15) is 5.21 Å². The third-order valence-corrected chi connectivity index (χ3v) is 0.708. The second-order valence-electron chi connectivity index (χ2n) is 1.53. The SMILES string of the molecule is [O-]N(O)CCCN(O)O. The van der Waals surface area contributed by atoms with E-state index >= 15 is 0 Å². The summed E-state index contributed by atoms with van der Waals surface area (Å²) in [6, 6.07) is 0. The van der Waals surface area contributed by atoms with Gasteiger partial charge >= 0.3 is 0 Å². The van der Waals surface area contributed by atoms with Crippen molar-refractivity contribution in [3.8, 4) is 0 Å². The van der Waals surface area contributed by atoms with Gasteiger partial charge in [-0.25, -0.2) is 0 Å². The van der Waals surface area contributed by atoms with E-state index in [1.165, 1.54) is 0 Å². The summed E-state index contributed by atoms with van der Waals surface area (Å²) in [6.45, 7) is -0.184. The van der Waals surface area contributed by atoms with Crippen LogP contribution in [0.15, 0.2) is 0 Å². The molecule has 9 heavy (non-hydrogen) atoms. The normalized spacial score (nSPS) is 11.3. The minimum absolute atomic E-state index is 0.0382. The molecule has 0 aliphatic carbocycles. The Balaban J connectivity index is 2.91. The first-order valence-corrected chi connectivity index (χ1v) is 2.42. The molecule has 0 saturated heterocycles. The Hall–Kier alpha value is -0.240. The van der Waals surface area contributed by atoms with Crippen molar-refractivity contribution in [1.29, 1.82) is 0 Å². The highest BCUT2D eigenvalue weighted by molar-refractivity contribution is 4.43. The summed E-state index contributed by atoms with van der Waals surface area (Å²) >= 11 is 0. The lowest BCUT2D eigenvalue weighted by molar-refractivity contribution is -0.307. The van der Waals surface area contributed by atoms with E-state index in [-0.39, 0.29) is 30.0 Å². The van der Waals surface area contributed by atoms with Crippen LogP contribution in [0.4, 0.5) is 0 Å². The van der Waals surface area contributed by atoms with Crippen LogP contribution in [0.25, 0.3) is 0 Å². The van der Waals surface area contributed by atoms with Gasteiger partial charge in [0.2, 0.25) is 0 Å². The van der Waals surface area contributed by atoms with Crippen LogP contribution in [0.5, 0.6) is 0 Å². The highest BCUT2D eigenvalue weighted by atomic mass is 16.8. The van der Waals surface area contributed by atoms with Gasteiger partial charge in [-0.3, -0.25) is 15.6 Å². The summed E-state index contributed by atoms with van der Waals surface area (Å²) in [5, 5.41) is 33.5. The predicted molar refractivity (Wildman–Crippen MR) is 26.8 cm³/mol. The molecular formula is C3H9N2O4-. The lowest BCUT2D eigenvalue weighted by Gasteiger charge is -2.18. The van der Waals surface area contributed by atoms with E-state index in [2.05, 4.69) is 0 Å². The molecule has 6 heteroatoms. The van der Waals surface area contributed by atoms with Crippen molar-refractivity contribution in [2.24, 2.45) is 0 Å². The van der Waals surface area contributed by atoms with E-state index in [0.717, 1.165) is 0 Å². The van der Waals surface area contributed by atoms with E-state index < -0.39 is 0 Å². The monoisotopic (exact) mass is 137 g/mol. The average molecular weight is 137 g/mol. The summed E-state index contributed by atoms with van der Waals surface area (Å²) in [4.78, 5) is 0. The highest BCUT2D eigenvalue weighted by Gasteiger charge is 1.92. The van der Waals surface area contributed by atoms with Crippen LogP contribution in [0.2, 0.25) is 0 Å². The van der Waals surface area contributed by atoms with Crippen LogP contribution < -0.4 is 0 Å². The fourth-order valence-electron chi connectivity index (χ4n) is 0.347. The van der Waals surface area contributed by atoms with Gasteiger partial charge in [0.1, 0.15) is 0 Å². The number of hydroxylamine groups is 4. The zero-order valence-electron chi connectivity index (χ0n) is 4.77. The lowest BCUT2D eigenvalue weighted by Crippen LogP contribution is -2.20. The van der Waals surface area contributed by atoms with Crippen molar-refractivity contribution in [2.45, 2.75) is 6.42 Å². The van der Waals surface area contributed by atoms with Crippen LogP contribution in [-0.2, 0) is 0 Å². The van der Waals surface area contributed by atoms with Gasteiger partial charge in [-0.15, -0.1) is 0 Å². The lowest BCUT2D eigenvalue weighted by atomic mass is 10.4. The standard InChI is InChI=1S/C3H9N2O4/c6-4(7)2-1-3-5(8)9/h6-8H,1-3H2/q-1. The van der Waals surface area contributed by atoms with Gasteiger partial charge in [0.15, 0.2) is 0 Å². The maximum atomic E-state index is 9.72. The third-order valence-electron chi connectivity index (χ3n) is 0.708. The van der Waals surface area contributed by atoms with Crippen LogP contribution in [0.1, 0.15) is 6.42 Å². The molecule has 56 valence electrons. The first-order valence-electron chi connectivity index (χ1n) is 2.42. The molecule has 0 rings (SSSR count).